The number of carbonyl (C=O) groups is 1. The van der Waals surface area contributed by atoms with Gasteiger partial charge in [-0.3, -0.25) is 4.79 Å². The van der Waals surface area contributed by atoms with Crippen LogP contribution in [0.4, 0.5) is 0 Å². The van der Waals surface area contributed by atoms with Gasteiger partial charge in [-0.25, -0.2) is 0 Å². The van der Waals surface area contributed by atoms with E-state index in [4.69, 9.17) is 0 Å². The van der Waals surface area contributed by atoms with Crippen molar-refractivity contribution in [1.29, 1.82) is 0 Å². The van der Waals surface area contributed by atoms with Crippen molar-refractivity contribution in [1.82, 2.24) is 14.8 Å². The van der Waals surface area contributed by atoms with Crippen LogP contribution in [0, 0.1) is 6.92 Å². The summed E-state index contributed by atoms with van der Waals surface area (Å²) >= 11 is 1.47. The molecule has 0 N–H and O–H groups in total. The molecular formula is C15H17N3OS. The van der Waals surface area contributed by atoms with Crippen molar-refractivity contribution in [2.24, 2.45) is 7.05 Å². The number of hydrogen-bond acceptors (Lipinski definition) is 4. The van der Waals surface area contributed by atoms with E-state index in [0.717, 1.165) is 23.6 Å². The summed E-state index contributed by atoms with van der Waals surface area (Å²) < 4.78 is 1.84. The predicted molar refractivity (Wildman–Crippen MR) is 78.8 cm³/mol. The van der Waals surface area contributed by atoms with E-state index in [-0.39, 0.29) is 5.41 Å². The van der Waals surface area contributed by atoms with Crippen molar-refractivity contribution in [2.45, 2.75) is 30.3 Å². The van der Waals surface area contributed by atoms with Gasteiger partial charge in [0, 0.05) is 7.05 Å². The molecule has 1 aromatic heterocycles. The number of carbonyl (C=O) groups excluding carboxylic acids is 1. The van der Waals surface area contributed by atoms with E-state index < -0.39 is 0 Å². The maximum atomic E-state index is 12.5. The summed E-state index contributed by atoms with van der Waals surface area (Å²) in [5, 5.41) is 8.61. The van der Waals surface area contributed by atoms with Crippen molar-refractivity contribution < 1.29 is 4.79 Å². The minimum absolute atomic E-state index is 0.237. The maximum absolute atomic E-state index is 12.5. The van der Waals surface area contributed by atoms with Crippen molar-refractivity contribution in [3.8, 4) is 0 Å². The number of nitrogens with zero attached hydrogens (tertiary/aromatic N) is 3. The first-order chi connectivity index (χ1) is 9.62. The molecule has 0 atom stereocenters. The third kappa shape index (κ3) is 2.38. The van der Waals surface area contributed by atoms with E-state index in [0.29, 0.717) is 11.5 Å². The average molecular weight is 287 g/mol. The van der Waals surface area contributed by atoms with E-state index in [1.165, 1.54) is 17.3 Å². The Balaban J connectivity index is 1.70. The minimum atomic E-state index is -0.237. The van der Waals surface area contributed by atoms with Crippen LogP contribution in [-0.2, 0) is 17.3 Å². The molecule has 0 amide bonds. The molecule has 20 heavy (non-hydrogen) atoms. The molecule has 1 aromatic carbocycles. The molecule has 1 aliphatic carbocycles. The molecule has 0 radical (unpaired) electrons. The number of aromatic nitrogens is 3. The van der Waals surface area contributed by atoms with Crippen LogP contribution in [0.5, 0.6) is 0 Å². The van der Waals surface area contributed by atoms with Gasteiger partial charge >= 0.3 is 0 Å². The van der Waals surface area contributed by atoms with E-state index in [2.05, 4.69) is 41.4 Å². The molecule has 1 saturated carbocycles. The molecule has 3 rings (SSSR count). The van der Waals surface area contributed by atoms with Crippen LogP contribution < -0.4 is 0 Å². The monoisotopic (exact) mass is 287 g/mol. The zero-order valence-electron chi connectivity index (χ0n) is 11.7. The Hall–Kier alpha value is -1.62. The summed E-state index contributed by atoms with van der Waals surface area (Å²) in [6.07, 6.45) is 3.59. The first-order valence-corrected chi connectivity index (χ1v) is 7.68. The predicted octanol–water partition coefficient (Wildman–Crippen LogP) is 2.52. The number of ketones is 1. The van der Waals surface area contributed by atoms with Crippen LogP contribution >= 0.6 is 11.8 Å². The Kier molecular flexibility index (Phi) is 3.38. The highest BCUT2D eigenvalue weighted by molar-refractivity contribution is 7.99. The van der Waals surface area contributed by atoms with Crippen LogP contribution in [0.1, 0.15) is 24.0 Å². The molecule has 0 saturated heterocycles. The van der Waals surface area contributed by atoms with Crippen molar-refractivity contribution in [3.63, 3.8) is 0 Å². The Morgan fingerprint density at radius 3 is 2.60 bits per heavy atom. The van der Waals surface area contributed by atoms with Crippen molar-refractivity contribution in [3.05, 3.63) is 41.7 Å². The molecule has 1 fully saturated rings. The van der Waals surface area contributed by atoms with Gasteiger partial charge in [0.1, 0.15) is 6.33 Å². The number of benzene rings is 1. The third-order valence-corrected chi connectivity index (χ3v) is 4.92. The topological polar surface area (TPSA) is 47.8 Å². The lowest BCUT2D eigenvalue weighted by Crippen LogP contribution is -2.22. The standard InChI is InChI=1S/C15H17N3OS/c1-11-3-5-12(6-4-11)15(7-8-15)13(19)9-20-14-17-16-10-18(14)2/h3-6,10H,7-9H2,1-2H3. The molecule has 1 aliphatic rings. The highest BCUT2D eigenvalue weighted by atomic mass is 32.2. The Morgan fingerprint density at radius 2 is 2.05 bits per heavy atom. The van der Waals surface area contributed by atoms with Gasteiger partial charge < -0.3 is 4.57 Å². The molecule has 1 heterocycles. The molecule has 104 valence electrons. The van der Waals surface area contributed by atoms with Gasteiger partial charge in [-0.1, -0.05) is 41.6 Å². The molecular weight excluding hydrogens is 270 g/mol. The number of rotatable bonds is 5. The SMILES string of the molecule is Cc1ccc(C2(C(=O)CSc3nncn3C)CC2)cc1. The van der Waals surface area contributed by atoms with E-state index >= 15 is 0 Å². The third-order valence-electron chi connectivity index (χ3n) is 3.89. The number of hydrogen-bond donors (Lipinski definition) is 0. The van der Waals surface area contributed by atoms with E-state index in [1.54, 1.807) is 6.33 Å². The second-order valence-electron chi connectivity index (χ2n) is 5.38. The maximum Gasteiger partial charge on any atom is 0.191 e. The highest BCUT2D eigenvalue weighted by Gasteiger charge is 2.50. The molecule has 0 unspecified atom stereocenters. The Bertz CT molecular complexity index is 629. The van der Waals surface area contributed by atoms with Gasteiger partial charge in [-0.2, -0.15) is 0 Å². The largest absolute Gasteiger partial charge is 0.312 e. The van der Waals surface area contributed by atoms with Crippen LogP contribution in [0.15, 0.2) is 35.7 Å². The lowest BCUT2D eigenvalue weighted by molar-refractivity contribution is -0.118. The quantitative estimate of drug-likeness (QED) is 0.793. The summed E-state index contributed by atoms with van der Waals surface area (Å²) in [4.78, 5) is 12.5. The average Bonchev–Trinajstić information content (AvgIpc) is 3.15. The van der Waals surface area contributed by atoms with Crippen LogP contribution in [0.2, 0.25) is 0 Å². The molecule has 0 bridgehead atoms. The fourth-order valence-corrected chi connectivity index (χ4v) is 3.29. The van der Waals surface area contributed by atoms with Gasteiger partial charge in [0.25, 0.3) is 0 Å². The fourth-order valence-electron chi connectivity index (χ4n) is 2.40. The van der Waals surface area contributed by atoms with Gasteiger partial charge in [0.2, 0.25) is 0 Å². The highest BCUT2D eigenvalue weighted by Crippen LogP contribution is 2.49. The summed E-state index contributed by atoms with van der Waals surface area (Å²) in [6.45, 7) is 2.06. The summed E-state index contributed by atoms with van der Waals surface area (Å²) in [7, 11) is 1.89. The molecule has 0 aliphatic heterocycles. The first-order valence-electron chi connectivity index (χ1n) is 6.69. The lowest BCUT2D eigenvalue weighted by Gasteiger charge is -2.14. The number of aryl methyl sites for hydroxylation is 2. The molecule has 0 spiro atoms. The molecule has 5 heteroatoms. The smallest absolute Gasteiger partial charge is 0.191 e. The minimum Gasteiger partial charge on any atom is -0.312 e. The number of Topliss-reactive ketones (excluding diaryl/α,β-unsaturated/α-hetero) is 1. The van der Waals surface area contributed by atoms with Gasteiger partial charge in [0.15, 0.2) is 10.9 Å². The van der Waals surface area contributed by atoms with Crippen LogP contribution in [0.3, 0.4) is 0 Å². The summed E-state index contributed by atoms with van der Waals surface area (Å²) in [5.74, 6) is 0.759. The summed E-state index contributed by atoms with van der Waals surface area (Å²) in [5.41, 5.74) is 2.15. The van der Waals surface area contributed by atoms with Crippen molar-refractivity contribution >= 4 is 17.5 Å². The zero-order valence-corrected chi connectivity index (χ0v) is 12.5. The van der Waals surface area contributed by atoms with Crippen LogP contribution in [0.25, 0.3) is 0 Å². The fraction of sp³-hybridized carbons (Fsp3) is 0.400. The molecule has 4 nitrogen and oxygen atoms in total. The van der Waals surface area contributed by atoms with Gasteiger partial charge in [-0.05, 0) is 25.3 Å². The van der Waals surface area contributed by atoms with E-state index in [1.807, 2.05) is 11.6 Å². The van der Waals surface area contributed by atoms with E-state index in [9.17, 15) is 4.79 Å². The zero-order chi connectivity index (χ0) is 14.2. The Morgan fingerprint density at radius 1 is 1.35 bits per heavy atom. The van der Waals surface area contributed by atoms with Gasteiger partial charge in [-0.15, -0.1) is 10.2 Å². The second-order valence-corrected chi connectivity index (χ2v) is 6.33. The van der Waals surface area contributed by atoms with Crippen molar-refractivity contribution in [2.75, 3.05) is 5.75 Å². The number of thioether (sulfide) groups is 1. The lowest BCUT2D eigenvalue weighted by atomic mass is 9.91. The second kappa shape index (κ2) is 5.05. The molecule has 2 aromatic rings. The summed E-state index contributed by atoms with van der Waals surface area (Å²) in [6, 6.07) is 8.34. The normalized spacial score (nSPS) is 16.1. The van der Waals surface area contributed by atoms with Crippen LogP contribution in [-0.4, -0.2) is 26.3 Å². The Labute approximate surface area is 122 Å². The first kappa shape index (κ1) is 13.4. The van der Waals surface area contributed by atoms with Gasteiger partial charge in [0.05, 0.1) is 11.2 Å².